The number of hydrogen-bond acceptors (Lipinski definition) is 1. The first-order valence-corrected chi connectivity index (χ1v) is 6.14. The fourth-order valence-corrected chi connectivity index (χ4v) is 3.39. The van der Waals surface area contributed by atoms with Gasteiger partial charge in [-0.3, -0.25) is 0 Å². The molecule has 0 spiro atoms. The summed E-state index contributed by atoms with van der Waals surface area (Å²) in [5.41, 5.74) is 1.94. The van der Waals surface area contributed by atoms with Crippen molar-refractivity contribution in [3.05, 3.63) is 35.4 Å². The number of hydrogen-bond donors (Lipinski definition) is 1. The Morgan fingerprint density at radius 2 is 1.88 bits per heavy atom. The van der Waals surface area contributed by atoms with Crippen LogP contribution in [0.25, 0.3) is 0 Å². The van der Waals surface area contributed by atoms with Crippen molar-refractivity contribution in [1.29, 1.82) is 0 Å². The zero-order valence-corrected chi connectivity index (χ0v) is 10.7. The molecular weight excluding hydrogens is 196 g/mol. The van der Waals surface area contributed by atoms with Crippen LogP contribution in [0.15, 0.2) is 24.3 Å². The van der Waals surface area contributed by atoms with Gasteiger partial charge in [0.2, 0.25) is 0 Å². The van der Waals surface area contributed by atoms with Crippen molar-refractivity contribution < 1.29 is 5.11 Å². The third-order valence-corrected chi connectivity index (χ3v) is 4.03. The molecule has 0 heterocycles. The molecule has 1 heteroatoms. The average Bonchev–Trinajstić information content (AvgIpc) is 2.36. The number of aliphatic hydroxyl groups is 1. The van der Waals surface area contributed by atoms with Crippen molar-refractivity contribution in [1.82, 2.24) is 0 Å². The van der Waals surface area contributed by atoms with Gasteiger partial charge >= 0.3 is 0 Å². The van der Waals surface area contributed by atoms with E-state index < -0.39 is 5.60 Å². The van der Waals surface area contributed by atoms with Gasteiger partial charge in [-0.05, 0) is 42.2 Å². The van der Waals surface area contributed by atoms with Crippen LogP contribution in [0.3, 0.4) is 0 Å². The molecule has 0 aromatic heterocycles. The third kappa shape index (κ3) is 1.78. The Hall–Kier alpha value is -0.820. The maximum atomic E-state index is 10.9. The summed E-state index contributed by atoms with van der Waals surface area (Å²) in [5, 5.41) is 10.9. The molecule has 0 amide bonds. The van der Waals surface area contributed by atoms with E-state index in [1.165, 1.54) is 5.56 Å². The van der Waals surface area contributed by atoms with Crippen LogP contribution < -0.4 is 0 Å². The SMILES string of the molecule is Cc1ccccc1C1(O)CC(C)(C)CC1C. The van der Waals surface area contributed by atoms with Crippen LogP contribution in [-0.2, 0) is 5.60 Å². The highest BCUT2D eigenvalue weighted by molar-refractivity contribution is 5.33. The van der Waals surface area contributed by atoms with Crippen LogP contribution in [0.5, 0.6) is 0 Å². The van der Waals surface area contributed by atoms with Gasteiger partial charge in [-0.25, -0.2) is 0 Å². The first kappa shape index (κ1) is 11.7. The Kier molecular flexibility index (Phi) is 2.62. The molecule has 0 radical (unpaired) electrons. The lowest BCUT2D eigenvalue weighted by atomic mass is 9.81. The van der Waals surface area contributed by atoms with Crippen LogP contribution in [0.4, 0.5) is 0 Å². The molecule has 1 saturated carbocycles. The van der Waals surface area contributed by atoms with E-state index in [2.05, 4.69) is 39.8 Å². The molecule has 1 aliphatic carbocycles. The van der Waals surface area contributed by atoms with E-state index in [1.807, 2.05) is 12.1 Å². The van der Waals surface area contributed by atoms with Crippen molar-refractivity contribution in [3.63, 3.8) is 0 Å². The molecule has 0 saturated heterocycles. The molecule has 1 aromatic rings. The summed E-state index contributed by atoms with van der Waals surface area (Å²) in [5.74, 6) is 0.337. The lowest BCUT2D eigenvalue weighted by Gasteiger charge is -2.30. The summed E-state index contributed by atoms with van der Waals surface area (Å²) in [4.78, 5) is 0. The first-order valence-electron chi connectivity index (χ1n) is 6.14. The Morgan fingerprint density at radius 3 is 2.38 bits per heavy atom. The highest BCUT2D eigenvalue weighted by Gasteiger charge is 2.48. The highest BCUT2D eigenvalue weighted by Crippen LogP contribution is 2.52. The summed E-state index contributed by atoms with van der Waals surface area (Å²) in [6.45, 7) is 8.76. The Bertz CT molecular complexity index is 394. The van der Waals surface area contributed by atoms with Crippen LogP contribution >= 0.6 is 0 Å². The van der Waals surface area contributed by atoms with Crippen molar-refractivity contribution in [2.75, 3.05) is 0 Å². The second kappa shape index (κ2) is 3.59. The smallest absolute Gasteiger partial charge is 0.0929 e. The van der Waals surface area contributed by atoms with Gasteiger partial charge in [0.1, 0.15) is 0 Å². The fourth-order valence-electron chi connectivity index (χ4n) is 3.39. The van der Waals surface area contributed by atoms with E-state index in [-0.39, 0.29) is 5.41 Å². The standard InChI is InChI=1S/C15H22O/c1-11-7-5-6-8-13(11)15(16)10-14(3,4)9-12(15)2/h5-8,12,16H,9-10H2,1-4H3. The quantitative estimate of drug-likeness (QED) is 0.763. The normalized spacial score (nSPS) is 32.9. The van der Waals surface area contributed by atoms with Crippen molar-refractivity contribution in [2.45, 2.75) is 46.1 Å². The molecule has 2 atom stereocenters. The van der Waals surface area contributed by atoms with E-state index in [1.54, 1.807) is 0 Å². The largest absolute Gasteiger partial charge is 0.385 e. The van der Waals surface area contributed by atoms with E-state index in [9.17, 15) is 5.11 Å². The van der Waals surface area contributed by atoms with E-state index >= 15 is 0 Å². The maximum absolute atomic E-state index is 10.9. The Morgan fingerprint density at radius 1 is 1.25 bits per heavy atom. The average molecular weight is 218 g/mol. The molecule has 0 bridgehead atoms. The zero-order chi connectivity index (χ0) is 12.0. The minimum absolute atomic E-state index is 0.246. The molecule has 2 rings (SSSR count). The zero-order valence-electron chi connectivity index (χ0n) is 10.7. The molecular formula is C15H22O. The summed E-state index contributed by atoms with van der Waals surface area (Å²) in [6.07, 6.45) is 1.96. The van der Waals surface area contributed by atoms with Gasteiger partial charge in [0.25, 0.3) is 0 Å². The Labute approximate surface area is 98.5 Å². The predicted molar refractivity (Wildman–Crippen MR) is 67.3 cm³/mol. The van der Waals surface area contributed by atoms with Gasteiger partial charge in [-0.1, -0.05) is 45.0 Å². The molecule has 0 aliphatic heterocycles. The molecule has 1 aliphatic rings. The van der Waals surface area contributed by atoms with Gasteiger partial charge in [0.05, 0.1) is 5.60 Å². The molecule has 1 N–H and O–H groups in total. The van der Waals surface area contributed by atoms with Gasteiger partial charge in [0.15, 0.2) is 0 Å². The lowest BCUT2D eigenvalue weighted by molar-refractivity contribution is -0.00141. The first-order chi connectivity index (χ1) is 7.35. The van der Waals surface area contributed by atoms with Crippen molar-refractivity contribution >= 4 is 0 Å². The van der Waals surface area contributed by atoms with Crippen molar-refractivity contribution in [2.24, 2.45) is 11.3 Å². The van der Waals surface area contributed by atoms with Crippen LogP contribution in [0.1, 0.15) is 44.7 Å². The molecule has 1 aromatic carbocycles. The molecule has 1 fully saturated rings. The van der Waals surface area contributed by atoms with Crippen molar-refractivity contribution in [3.8, 4) is 0 Å². The molecule has 2 unspecified atom stereocenters. The van der Waals surface area contributed by atoms with Gasteiger partial charge in [-0.2, -0.15) is 0 Å². The second-order valence-corrected chi connectivity index (χ2v) is 6.19. The topological polar surface area (TPSA) is 20.2 Å². The number of aryl methyl sites for hydroxylation is 1. The summed E-state index contributed by atoms with van der Waals surface area (Å²) in [7, 11) is 0. The van der Waals surface area contributed by atoms with Crippen LogP contribution in [-0.4, -0.2) is 5.11 Å². The van der Waals surface area contributed by atoms with Crippen LogP contribution in [0, 0.1) is 18.3 Å². The minimum Gasteiger partial charge on any atom is -0.385 e. The number of benzene rings is 1. The summed E-state index contributed by atoms with van der Waals surface area (Å²) >= 11 is 0. The lowest BCUT2D eigenvalue weighted by Crippen LogP contribution is -2.30. The van der Waals surface area contributed by atoms with E-state index in [0.29, 0.717) is 5.92 Å². The minimum atomic E-state index is -0.630. The molecule has 1 nitrogen and oxygen atoms in total. The Balaban J connectivity index is 2.44. The summed E-state index contributed by atoms with van der Waals surface area (Å²) in [6, 6.07) is 8.23. The summed E-state index contributed by atoms with van der Waals surface area (Å²) < 4.78 is 0. The van der Waals surface area contributed by atoms with Gasteiger partial charge in [-0.15, -0.1) is 0 Å². The predicted octanol–water partition coefficient (Wildman–Crippen LogP) is 3.64. The fraction of sp³-hybridized carbons (Fsp3) is 0.600. The van der Waals surface area contributed by atoms with Gasteiger partial charge in [0, 0.05) is 0 Å². The third-order valence-electron chi connectivity index (χ3n) is 4.03. The van der Waals surface area contributed by atoms with E-state index in [0.717, 1.165) is 18.4 Å². The van der Waals surface area contributed by atoms with Crippen LogP contribution in [0.2, 0.25) is 0 Å². The van der Waals surface area contributed by atoms with E-state index in [4.69, 9.17) is 0 Å². The maximum Gasteiger partial charge on any atom is 0.0929 e. The molecule has 16 heavy (non-hydrogen) atoms. The van der Waals surface area contributed by atoms with Gasteiger partial charge < -0.3 is 5.11 Å². The molecule has 88 valence electrons. The highest BCUT2D eigenvalue weighted by atomic mass is 16.3. The number of rotatable bonds is 1. The second-order valence-electron chi connectivity index (χ2n) is 6.19. The monoisotopic (exact) mass is 218 g/mol.